The Bertz CT molecular complexity index is 1480. The molecular formula is C28H26N4. The average molecular weight is 419 g/mol. The summed E-state index contributed by atoms with van der Waals surface area (Å²) in [5.74, 6) is 0. The third-order valence-electron chi connectivity index (χ3n) is 6.74. The summed E-state index contributed by atoms with van der Waals surface area (Å²) in [6.07, 6.45) is 6.06. The summed E-state index contributed by atoms with van der Waals surface area (Å²) in [4.78, 5) is 9.16. The number of benzene rings is 2. The van der Waals surface area contributed by atoms with E-state index < -0.39 is 0 Å². The number of para-hydroxylation sites is 2. The molecule has 0 bridgehead atoms. The molecule has 4 nitrogen and oxygen atoms in total. The Morgan fingerprint density at radius 1 is 0.562 bits per heavy atom. The molecule has 0 unspecified atom stereocenters. The molecule has 0 atom stereocenters. The zero-order valence-electron chi connectivity index (χ0n) is 18.5. The number of hydrogen-bond donors (Lipinski definition) is 0. The first-order chi connectivity index (χ1) is 15.7. The van der Waals surface area contributed by atoms with E-state index in [4.69, 9.17) is 0 Å². The number of pyridine rings is 2. The molecular weight excluding hydrogens is 392 g/mol. The number of unbranched alkanes of at least 4 members (excludes halogenated alkanes) is 1. The maximum atomic E-state index is 4.58. The lowest BCUT2D eigenvalue weighted by atomic mass is 10.2. The predicted molar refractivity (Wildman–Crippen MR) is 133 cm³/mol. The van der Waals surface area contributed by atoms with E-state index in [-0.39, 0.29) is 0 Å². The zero-order valence-corrected chi connectivity index (χ0v) is 18.5. The summed E-state index contributed by atoms with van der Waals surface area (Å²) >= 11 is 0. The van der Waals surface area contributed by atoms with Crippen molar-refractivity contribution in [3.8, 4) is 0 Å². The molecule has 0 N–H and O–H groups in total. The van der Waals surface area contributed by atoms with Crippen molar-refractivity contribution < 1.29 is 0 Å². The van der Waals surface area contributed by atoms with Crippen LogP contribution in [0.5, 0.6) is 0 Å². The fraction of sp³-hybridized carbons (Fsp3) is 0.214. The van der Waals surface area contributed by atoms with Crippen LogP contribution >= 0.6 is 0 Å². The zero-order chi connectivity index (χ0) is 21.7. The van der Waals surface area contributed by atoms with Gasteiger partial charge in [-0.05, 0) is 51.0 Å². The molecule has 32 heavy (non-hydrogen) atoms. The summed E-state index contributed by atoms with van der Waals surface area (Å²) in [5.41, 5.74) is 7.34. The van der Waals surface area contributed by atoms with Crippen molar-refractivity contribution in [2.45, 2.75) is 39.8 Å². The molecule has 0 saturated carbocycles. The van der Waals surface area contributed by atoms with Crippen LogP contribution in [0.4, 0.5) is 0 Å². The Morgan fingerprint density at radius 3 is 1.47 bits per heavy atom. The van der Waals surface area contributed by atoms with E-state index in [2.05, 4.69) is 93.6 Å². The molecule has 0 saturated heterocycles. The van der Waals surface area contributed by atoms with Gasteiger partial charge in [-0.2, -0.15) is 0 Å². The highest BCUT2D eigenvalue weighted by atomic mass is 15.0. The highest BCUT2D eigenvalue weighted by molar-refractivity contribution is 6.09. The molecule has 6 rings (SSSR count). The minimum Gasteiger partial charge on any atom is -0.339 e. The average Bonchev–Trinajstić information content (AvgIpc) is 3.32. The highest BCUT2D eigenvalue weighted by Crippen LogP contribution is 2.32. The fourth-order valence-corrected chi connectivity index (χ4v) is 5.35. The van der Waals surface area contributed by atoms with E-state index >= 15 is 0 Å². The van der Waals surface area contributed by atoms with Crippen LogP contribution in [0, 0.1) is 13.8 Å². The van der Waals surface area contributed by atoms with Gasteiger partial charge in [0.05, 0.1) is 22.4 Å². The van der Waals surface area contributed by atoms with Crippen LogP contribution in [0.1, 0.15) is 24.2 Å². The first-order valence-corrected chi connectivity index (χ1v) is 11.4. The van der Waals surface area contributed by atoms with Crippen molar-refractivity contribution >= 4 is 43.6 Å². The summed E-state index contributed by atoms with van der Waals surface area (Å²) < 4.78 is 4.93. The van der Waals surface area contributed by atoms with Crippen LogP contribution in [-0.2, 0) is 13.1 Å². The van der Waals surface area contributed by atoms with Crippen molar-refractivity contribution in [3.05, 3.63) is 84.4 Å². The topological polar surface area (TPSA) is 35.6 Å². The maximum Gasteiger partial charge on any atom is 0.0707 e. The molecule has 4 aromatic heterocycles. The maximum absolute atomic E-state index is 4.58. The minimum absolute atomic E-state index is 0.991. The van der Waals surface area contributed by atoms with Gasteiger partial charge < -0.3 is 9.13 Å². The third-order valence-corrected chi connectivity index (χ3v) is 6.74. The molecule has 0 aliphatic rings. The van der Waals surface area contributed by atoms with E-state index in [9.17, 15) is 0 Å². The molecule has 158 valence electrons. The van der Waals surface area contributed by atoms with Crippen molar-refractivity contribution in [1.82, 2.24) is 19.1 Å². The predicted octanol–water partition coefficient (Wildman–Crippen LogP) is 6.79. The Morgan fingerprint density at radius 2 is 1.00 bits per heavy atom. The lowest BCUT2D eigenvalue weighted by Crippen LogP contribution is -2.03. The second kappa shape index (κ2) is 7.49. The quantitative estimate of drug-likeness (QED) is 0.289. The molecule has 6 aromatic rings. The smallest absolute Gasteiger partial charge is 0.0707 e. The van der Waals surface area contributed by atoms with Gasteiger partial charge in [-0.15, -0.1) is 0 Å². The first kappa shape index (κ1) is 19.1. The normalized spacial score (nSPS) is 11.9. The number of rotatable bonds is 5. The molecule has 4 heteroatoms. The Hall–Kier alpha value is -3.66. The van der Waals surface area contributed by atoms with Gasteiger partial charge in [0, 0.05) is 58.1 Å². The number of fused-ring (bicyclic) bond motifs is 6. The summed E-state index contributed by atoms with van der Waals surface area (Å²) in [5, 5.41) is 5.24. The largest absolute Gasteiger partial charge is 0.339 e. The van der Waals surface area contributed by atoms with Crippen LogP contribution in [0.2, 0.25) is 0 Å². The van der Waals surface area contributed by atoms with Gasteiger partial charge in [0.15, 0.2) is 0 Å². The number of aromatic nitrogens is 4. The van der Waals surface area contributed by atoms with Gasteiger partial charge in [-0.25, -0.2) is 0 Å². The van der Waals surface area contributed by atoms with E-state index in [1.165, 1.54) is 43.6 Å². The summed E-state index contributed by atoms with van der Waals surface area (Å²) in [7, 11) is 0. The Balaban J connectivity index is 1.33. The van der Waals surface area contributed by atoms with Crippen LogP contribution in [0.3, 0.4) is 0 Å². The number of nitrogens with zero attached hydrogens (tertiary/aromatic N) is 4. The fourth-order valence-electron chi connectivity index (χ4n) is 5.35. The molecule has 0 aliphatic heterocycles. The number of hydrogen-bond acceptors (Lipinski definition) is 2. The molecule has 0 amide bonds. The second-order valence-corrected chi connectivity index (χ2v) is 8.63. The van der Waals surface area contributed by atoms with Gasteiger partial charge in [-0.1, -0.05) is 36.4 Å². The molecule has 0 aliphatic carbocycles. The van der Waals surface area contributed by atoms with E-state index in [1.54, 1.807) is 0 Å². The van der Waals surface area contributed by atoms with Gasteiger partial charge in [0.25, 0.3) is 0 Å². The van der Waals surface area contributed by atoms with Gasteiger partial charge in [-0.3, -0.25) is 9.97 Å². The lowest BCUT2D eigenvalue weighted by molar-refractivity contribution is 0.582. The monoisotopic (exact) mass is 418 g/mol. The number of aryl methyl sites for hydroxylation is 4. The Kier molecular flexibility index (Phi) is 4.46. The second-order valence-electron chi connectivity index (χ2n) is 8.63. The van der Waals surface area contributed by atoms with Crippen molar-refractivity contribution in [2.24, 2.45) is 0 Å². The lowest BCUT2D eigenvalue weighted by Gasteiger charge is -2.11. The summed E-state index contributed by atoms with van der Waals surface area (Å²) in [6.45, 7) is 6.22. The first-order valence-electron chi connectivity index (χ1n) is 11.4. The summed E-state index contributed by atoms with van der Waals surface area (Å²) in [6, 6.07) is 21.7. The standard InChI is InChI=1S/C28H26N4/c1-19-27-23(13-15-29-19)21-9-3-5-11-25(21)31(27)17-7-8-18-32-26-12-6-4-10-22(26)24-14-16-30-20(2)28(24)32/h3-6,9-16H,7-8,17-18H2,1-2H3. The van der Waals surface area contributed by atoms with E-state index in [1.807, 2.05) is 12.4 Å². The van der Waals surface area contributed by atoms with Crippen molar-refractivity contribution in [1.29, 1.82) is 0 Å². The van der Waals surface area contributed by atoms with Crippen molar-refractivity contribution in [3.63, 3.8) is 0 Å². The minimum atomic E-state index is 0.991. The molecule has 2 aromatic carbocycles. The van der Waals surface area contributed by atoms with E-state index in [0.29, 0.717) is 0 Å². The van der Waals surface area contributed by atoms with Crippen LogP contribution < -0.4 is 0 Å². The highest BCUT2D eigenvalue weighted by Gasteiger charge is 2.14. The molecule has 0 radical (unpaired) electrons. The van der Waals surface area contributed by atoms with Gasteiger partial charge in [0.1, 0.15) is 0 Å². The van der Waals surface area contributed by atoms with Crippen molar-refractivity contribution in [2.75, 3.05) is 0 Å². The molecule has 0 fully saturated rings. The third kappa shape index (κ3) is 2.83. The van der Waals surface area contributed by atoms with Crippen LogP contribution in [0.25, 0.3) is 43.6 Å². The van der Waals surface area contributed by atoms with Crippen LogP contribution in [-0.4, -0.2) is 19.1 Å². The van der Waals surface area contributed by atoms with Crippen LogP contribution in [0.15, 0.2) is 73.1 Å². The van der Waals surface area contributed by atoms with Gasteiger partial charge in [0.2, 0.25) is 0 Å². The molecule has 0 spiro atoms. The van der Waals surface area contributed by atoms with Gasteiger partial charge >= 0.3 is 0 Å². The SMILES string of the molecule is Cc1nccc2c3ccccc3n(CCCCn3c4ccccc4c4ccnc(C)c43)c12. The molecule has 4 heterocycles. The Labute approximate surface area is 187 Å². The van der Waals surface area contributed by atoms with E-state index in [0.717, 1.165) is 37.3 Å².